The molecule has 2 heterocycles. The summed E-state index contributed by atoms with van der Waals surface area (Å²) in [5.41, 5.74) is -7.13. The van der Waals surface area contributed by atoms with Crippen molar-refractivity contribution in [3.8, 4) is 11.8 Å². The molecule has 2 amide bonds. The summed E-state index contributed by atoms with van der Waals surface area (Å²) in [6.45, 7) is -0.415. The average molecular weight is 592 g/mol. The highest BCUT2D eigenvalue weighted by atomic mass is 32.2. The molecule has 1 aromatic carbocycles. The molecule has 216 valence electrons. The summed E-state index contributed by atoms with van der Waals surface area (Å²) >= 11 is 0. The number of halogens is 3. The molecule has 0 aliphatic heterocycles. The summed E-state index contributed by atoms with van der Waals surface area (Å²) in [6.07, 6.45) is 3.13. The van der Waals surface area contributed by atoms with Crippen LogP contribution in [0.1, 0.15) is 31.2 Å². The van der Waals surface area contributed by atoms with Crippen LogP contribution in [0.5, 0.6) is 0 Å². The fraction of sp³-hybridized carbons (Fsp3) is 0.385. The van der Waals surface area contributed by atoms with Crippen molar-refractivity contribution in [3.63, 3.8) is 0 Å². The minimum Gasteiger partial charge on any atom is -0.329 e. The Morgan fingerprint density at radius 3 is 1.95 bits per heavy atom. The van der Waals surface area contributed by atoms with Gasteiger partial charge >= 0.3 is 11.2 Å². The molecule has 2 N–H and O–H groups in total. The van der Waals surface area contributed by atoms with E-state index in [0.717, 1.165) is 44.3 Å². The van der Waals surface area contributed by atoms with Crippen LogP contribution in [0.25, 0.3) is 11.0 Å². The maximum atomic E-state index is 13.3. The van der Waals surface area contributed by atoms with Crippen LogP contribution in [0.2, 0.25) is 0 Å². The Kier molecular flexibility index (Phi) is 6.85. The summed E-state index contributed by atoms with van der Waals surface area (Å²) in [5, 5.41) is 4.39. The van der Waals surface area contributed by atoms with Gasteiger partial charge in [-0.25, -0.2) is 13.2 Å². The molecule has 0 unspecified atom stereocenters. The van der Waals surface area contributed by atoms with Gasteiger partial charge in [-0.3, -0.25) is 23.5 Å². The van der Waals surface area contributed by atoms with Gasteiger partial charge in [-0.05, 0) is 43.9 Å². The van der Waals surface area contributed by atoms with Crippen molar-refractivity contribution in [2.75, 3.05) is 10.6 Å². The van der Waals surface area contributed by atoms with Crippen molar-refractivity contribution in [2.45, 2.75) is 42.8 Å². The summed E-state index contributed by atoms with van der Waals surface area (Å²) < 4.78 is 66.2. The second-order valence-corrected chi connectivity index (χ2v) is 12.0. The number of hydrogen-bond acceptors (Lipinski definition) is 6. The first-order valence-electron chi connectivity index (χ1n) is 12.6. The Hall–Kier alpha value is -4.32. The molecule has 0 bridgehead atoms. The van der Waals surface area contributed by atoms with Crippen LogP contribution in [0, 0.1) is 23.7 Å². The van der Waals surface area contributed by atoms with E-state index in [1.54, 1.807) is 18.2 Å². The maximum Gasteiger partial charge on any atom is 0.503 e. The molecule has 0 spiro atoms. The van der Waals surface area contributed by atoms with Crippen LogP contribution in [0.4, 0.5) is 24.5 Å². The van der Waals surface area contributed by atoms with Crippen LogP contribution in [0.15, 0.2) is 38.9 Å². The predicted octanol–water partition coefficient (Wildman–Crippen LogP) is 2.08. The minimum atomic E-state index is -5.83. The SMILES string of the molecule is Cn1c(=O)c2c(cc(S(=O)(=O)C(F)(F)F)n2C)n(CC#Cc2cc(NC(=O)C3CC3)cc(NC(=O)C3CC3)c2)c1=O. The molecule has 5 rings (SSSR count). The number of anilines is 2. The van der Waals surface area contributed by atoms with Gasteiger partial charge in [0.1, 0.15) is 10.5 Å². The van der Waals surface area contributed by atoms with E-state index in [0.29, 0.717) is 32.1 Å². The standard InChI is InChI=1S/C26H24F3N5O6S/c1-32-20(41(39,40)26(27,28)29)13-19-21(32)24(37)33(2)25(38)34(19)9-3-4-14-10-17(30-22(35)15-5-6-15)12-18(11-14)31-23(36)16-7-8-16/h10-13,15-16H,5-9H2,1-2H3,(H,30,35)(H,31,36). The Balaban J connectivity index is 1.53. The van der Waals surface area contributed by atoms with Gasteiger partial charge in [-0.1, -0.05) is 11.8 Å². The lowest BCUT2D eigenvalue weighted by atomic mass is 10.1. The molecule has 2 aliphatic carbocycles. The fourth-order valence-corrected chi connectivity index (χ4v) is 5.28. The molecule has 11 nitrogen and oxygen atoms in total. The highest BCUT2D eigenvalue weighted by Crippen LogP contribution is 2.33. The Morgan fingerprint density at radius 1 is 0.927 bits per heavy atom. The van der Waals surface area contributed by atoms with E-state index in [4.69, 9.17) is 0 Å². The number of fused-ring (bicyclic) bond motifs is 1. The van der Waals surface area contributed by atoms with E-state index in [2.05, 4.69) is 22.5 Å². The number of hydrogen-bond donors (Lipinski definition) is 2. The molecular formula is C26H24F3N5O6S. The van der Waals surface area contributed by atoms with E-state index < -0.39 is 43.7 Å². The smallest absolute Gasteiger partial charge is 0.329 e. The maximum absolute atomic E-state index is 13.3. The summed E-state index contributed by atoms with van der Waals surface area (Å²) in [4.78, 5) is 50.2. The highest BCUT2D eigenvalue weighted by Gasteiger charge is 2.49. The van der Waals surface area contributed by atoms with Gasteiger partial charge in [0.25, 0.3) is 15.4 Å². The number of rotatable bonds is 6. The summed E-state index contributed by atoms with van der Waals surface area (Å²) in [5.74, 6) is 5.04. The van der Waals surface area contributed by atoms with Crippen LogP contribution in [0.3, 0.4) is 0 Å². The number of sulfone groups is 1. The number of aryl methyl sites for hydroxylation is 1. The van der Waals surface area contributed by atoms with Crippen molar-refractivity contribution in [3.05, 3.63) is 50.7 Å². The lowest BCUT2D eigenvalue weighted by Gasteiger charge is -2.10. The Labute approximate surface area is 230 Å². The normalized spacial score (nSPS) is 15.3. The van der Waals surface area contributed by atoms with Gasteiger partial charge in [-0.2, -0.15) is 13.2 Å². The quantitative estimate of drug-likeness (QED) is 0.421. The van der Waals surface area contributed by atoms with Crippen LogP contribution in [-0.2, 0) is 40.1 Å². The molecular weight excluding hydrogens is 567 g/mol. The third-order valence-corrected chi connectivity index (χ3v) is 8.45. The minimum absolute atomic E-state index is 0.0785. The summed E-state index contributed by atoms with van der Waals surface area (Å²) in [6, 6.07) is 5.35. The number of nitrogens with one attached hydrogen (secondary N) is 2. The first kappa shape index (κ1) is 28.2. The molecule has 0 atom stereocenters. The topological polar surface area (TPSA) is 141 Å². The molecule has 15 heteroatoms. The van der Waals surface area contributed by atoms with Gasteiger partial charge in [0.2, 0.25) is 11.8 Å². The van der Waals surface area contributed by atoms with Gasteiger partial charge in [0.15, 0.2) is 0 Å². The number of alkyl halides is 3. The predicted molar refractivity (Wildman–Crippen MR) is 142 cm³/mol. The van der Waals surface area contributed by atoms with Crippen molar-refractivity contribution < 1.29 is 31.2 Å². The van der Waals surface area contributed by atoms with Crippen molar-refractivity contribution in [1.82, 2.24) is 13.7 Å². The lowest BCUT2D eigenvalue weighted by Crippen LogP contribution is -2.38. The Bertz CT molecular complexity index is 1860. The second-order valence-electron chi connectivity index (χ2n) is 10.1. The van der Waals surface area contributed by atoms with E-state index in [1.165, 1.54) is 0 Å². The molecule has 2 fully saturated rings. The third kappa shape index (κ3) is 5.39. The monoisotopic (exact) mass is 591 g/mol. The van der Waals surface area contributed by atoms with Gasteiger partial charge < -0.3 is 15.2 Å². The molecule has 2 saturated carbocycles. The van der Waals surface area contributed by atoms with Crippen LogP contribution >= 0.6 is 0 Å². The lowest BCUT2D eigenvalue weighted by molar-refractivity contribution is -0.118. The fourth-order valence-electron chi connectivity index (χ4n) is 4.33. The number of amides is 2. The average Bonchev–Trinajstić information content (AvgIpc) is 3.80. The molecule has 0 saturated heterocycles. The number of carbonyl (C=O) groups is 2. The zero-order chi connectivity index (χ0) is 29.9. The van der Waals surface area contributed by atoms with Crippen LogP contribution in [-0.4, -0.2) is 39.4 Å². The third-order valence-electron chi connectivity index (χ3n) is 6.90. The van der Waals surface area contributed by atoms with Crippen molar-refractivity contribution in [1.29, 1.82) is 0 Å². The molecule has 3 aromatic rings. The first-order valence-corrected chi connectivity index (χ1v) is 14.0. The molecule has 2 aliphatic rings. The van der Waals surface area contributed by atoms with Crippen LogP contribution < -0.4 is 21.9 Å². The van der Waals surface area contributed by atoms with Gasteiger partial charge in [0, 0.05) is 48.9 Å². The number of aromatic nitrogens is 3. The van der Waals surface area contributed by atoms with Crippen molar-refractivity contribution >= 4 is 44.1 Å². The number of carbonyl (C=O) groups excluding carboxylic acids is 2. The largest absolute Gasteiger partial charge is 0.503 e. The molecule has 0 radical (unpaired) electrons. The molecule has 2 aromatic heterocycles. The van der Waals surface area contributed by atoms with E-state index in [-0.39, 0.29) is 29.2 Å². The summed E-state index contributed by atoms with van der Waals surface area (Å²) in [7, 11) is -3.73. The van der Waals surface area contributed by atoms with Gasteiger partial charge in [-0.15, -0.1) is 0 Å². The molecule has 41 heavy (non-hydrogen) atoms. The van der Waals surface area contributed by atoms with E-state index in [9.17, 15) is 40.8 Å². The zero-order valence-corrected chi connectivity index (χ0v) is 22.6. The highest BCUT2D eigenvalue weighted by molar-refractivity contribution is 7.92. The van der Waals surface area contributed by atoms with Gasteiger partial charge in [0.05, 0.1) is 12.1 Å². The Morgan fingerprint density at radius 2 is 1.46 bits per heavy atom. The second kappa shape index (κ2) is 9.95. The first-order chi connectivity index (χ1) is 19.2. The number of benzene rings is 1. The zero-order valence-electron chi connectivity index (χ0n) is 21.8. The van der Waals surface area contributed by atoms with Crippen molar-refractivity contribution in [2.24, 2.45) is 25.9 Å². The van der Waals surface area contributed by atoms with E-state index in [1.807, 2.05) is 0 Å². The van der Waals surface area contributed by atoms with E-state index >= 15 is 0 Å². The number of nitrogens with zero attached hydrogens (tertiary/aromatic N) is 3.